The van der Waals surface area contributed by atoms with E-state index in [0.717, 1.165) is 25.8 Å². The van der Waals surface area contributed by atoms with Gasteiger partial charge in [0, 0.05) is 38.7 Å². The van der Waals surface area contributed by atoms with Crippen LogP contribution < -0.4 is 0 Å². The monoisotopic (exact) mass is 323 g/mol. The van der Waals surface area contributed by atoms with Crippen molar-refractivity contribution in [2.24, 2.45) is 5.41 Å². The number of hydrogen-bond donors (Lipinski definition) is 0. The summed E-state index contributed by atoms with van der Waals surface area (Å²) in [5.74, 6) is 0.225. The second-order valence-corrected chi connectivity index (χ2v) is 6.70. The number of carbonyl (C=O) groups is 2. The highest BCUT2D eigenvalue weighted by atomic mass is 32.1. The standard InChI is InChI=1S/C15H21N3O3S/c1-21-9-8-18-7-4-15(14(18)20)2-5-17(6-3-15)13(19)12-10-22-11-16-12/h10-11H,2-9H2,1H3. The molecule has 2 fully saturated rings. The first-order chi connectivity index (χ1) is 10.7. The van der Waals surface area contributed by atoms with E-state index in [9.17, 15) is 9.59 Å². The smallest absolute Gasteiger partial charge is 0.273 e. The molecular weight excluding hydrogens is 302 g/mol. The molecule has 6 nitrogen and oxygen atoms in total. The molecule has 2 amide bonds. The van der Waals surface area contributed by atoms with Crippen molar-refractivity contribution >= 4 is 23.2 Å². The minimum Gasteiger partial charge on any atom is -0.383 e. The summed E-state index contributed by atoms with van der Waals surface area (Å²) in [5.41, 5.74) is 1.93. The van der Waals surface area contributed by atoms with Crippen molar-refractivity contribution in [2.75, 3.05) is 39.9 Å². The minimum atomic E-state index is -0.257. The maximum Gasteiger partial charge on any atom is 0.273 e. The van der Waals surface area contributed by atoms with Gasteiger partial charge in [-0.25, -0.2) is 4.98 Å². The largest absolute Gasteiger partial charge is 0.383 e. The molecule has 2 aliphatic rings. The van der Waals surface area contributed by atoms with Gasteiger partial charge in [0.15, 0.2) is 0 Å². The Bertz CT molecular complexity index is 538. The van der Waals surface area contributed by atoms with Crippen LogP contribution in [-0.4, -0.2) is 66.5 Å². The molecule has 0 aromatic carbocycles. The summed E-state index contributed by atoms with van der Waals surface area (Å²) in [5, 5.41) is 1.78. The molecule has 0 radical (unpaired) electrons. The lowest BCUT2D eigenvalue weighted by Crippen LogP contribution is -2.47. The molecule has 7 heteroatoms. The zero-order valence-electron chi connectivity index (χ0n) is 12.8. The van der Waals surface area contributed by atoms with Crippen LogP contribution in [-0.2, 0) is 9.53 Å². The molecule has 2 aliphatic heterocycles. The highest BCUT2D eigenvalue weighted by Crippen LogP contribution is 2.41. The van der Waals surface area contributed by atoms with Gasteiger partial charge in [-0.05, 0) is 19.3 Å². The van der Waals surface area contributed by atoms with Crippen molar-refractivity contribution in [3.63, 3.8) is 0 Å². The average Bonchev–Trinajstić information content (AvgIpc) is 3.17. The van der Waals surface area contributed by atoms with Gasteiger partial charge in [0.1, 0.15) is 5.69 Å². The number of hydrogen-bond acceptors (Lipinski definition) is 5. The number of nitrogens with zero attached hydrogens (tertiary/aromatic N) is 3. The maximum absolute atomic E-state index is 12.6. The highest BCUT2D eigenvalue weighted by molar-refractivity contribution is 7.07. The van der Waals surface area contributed by atoms with E-state index in [1.807, 2.05) is 9.80 Å². The Morgan fingerprint density at radius 1 is 1.36 bits per heavy atom. The van der Waals surface area contributed by atoms with E-state index < -0.39 is 0 Å². The number of piperidine rings is 1. The summed E-state index contributed by atoms with van der Waals surface area (Å²) >= 11 is 1.43. The molecule has 22 heavy (non-hydrogen) atoms. The van der Waals surface area contributed by atoms with Crippen molar-refractivity contribution < 1.29 is 14.3 Å². The lowest BCUT2D eigenvalue weighted by Gasteiger charge is -2.37. The van der Waals surface area contributed by atoms with E-state index in [-0.39, 0.29) is 17.2 Å². The van der Waals surface area contributed by atoms with Crippen LogP contribution in [0.1, 0.15) is 29.8 Å². The highest BCUT2D eigenvalue weighted by Gasteiger charge is 2.48. The molecular formula is C15H21N3O3S. The number of carbonyl (C=O) groups excluding carboxylic acids is 2. The van der Waals surface area contributed by atoms with E-state index in [4.69, 9.17) is 4.74 Å². The third-order valence-electron chi connectivity index (χ3n) is 4.83. The Kier molecular flexibility index (Phi) is 4.44. The Morgan fingerprint density at radius 2 is 2.09 bits per heavy atom. The molecule has 0 aliphatic carbocycles. The number of amides is 2. The molecule has 3 rings (SSSR count). The fraction of sp³-hybridized carbons (Fsp3) is 0.667. The minimum absolute atomic E-state index is 0.0159. The molecule has 0 unspecified atom stereocenters. The van der Waals surface area contributed by atoms with Crippen LogP contribution in [0.25, 0.3) is 0 Å². The Balaban J connectivity index is 1.60. The lowest BCUT2D eigenvalue weighted by molar-refractivity contribution is -0.138. The number of rotatable bonds is 4. The van der Waals surface area contributed by atoms with E-state index in [1.165, 1.54) is 11.3 Å². The van der Waals surface area contributed by atoms with Crippen LogP contribution in [0.3, 0.4) is 0 Å². The van der Waals surface area contributed by atoms with Crippen LogP contribution in [0.2, 0.25) is 0 Å². The fourth-order valence-electron chi connectivity index (χ4n) is 3.39. The topological polar surface area (TPSA) is 62.7 Å². The van der Waals surface area contributed by atoms with Gasteiger partial charge < -0.3 is 14.5 Å². The second kappa shape index (κ2) is 6.34. The van der Waals surface area contributed by atoms with Gasteiger partial charge in [0.25, 0.3) is 5.91 Å². The molecule has 1 aromatic heterocycles. The zero-order chi connectivity index (χ0) is 15.6. The van der Waals surface area contributed by atoms with E-state index in [2.05, 4.69) is 4.98 Å². The molecule has 2 saturated heterocycles. The van der Waals surface area contributed by atoms with E-state index in [1.54, 1.807) is 18.0 Å². The van der Waals surface area contributed by atoms with Crippen LogP contribution in [0, 0.1) is 5.41 Å². The fourth-order valence-corrected chi connectivity index (χ4v) is 3.92. The summed E-state index contributed by atoms with van der Waals surface area (Å²) in [6, 6.07) is 0. The summed E-state index contributed by atoms with van der Waals surface area (Å²) in [4.78, 5) is 32.8. The summed E-state index contributed by atoms with van der Waals surface area (Å²) in [6.45, 7) is 3.33. The Hall–Kier alpha value is -1.47. The molecule has 1 aromatic rings. The first kappa shape index (κ1) is 15.4. The Morgan fingerprint density at radius 3 is 2.73 bits per heavy atom. The van der Waals surface area contributed by atoms with Crippen LogP contribution >= 0.6 is 11.3 Å². The summed E-state index contributed by atoms with van der Waals surface area (Å²) in [6.07, 6.45) is 2.41. The van der Waals surface area contributed by atoms with Gasteiger partial charge in [-0.1, -0.05) is 0 Å². The zero-order valence-corrected chi connectivity index (χ0v) is 13.6. The molecule has 0 N–H and O–H groups in total. The van der Waals surface area contributed by atoms with Crippen LogP contribution in [0.5, 0.6) is 0 Å². The van der Waals surface area contributed by atoms with Gasteiger partial charge >= 0.3 is 0 Å². The number of aromatic nitrogens is 1. The van der Waals surface area contributed by atoms with E-state index >= 15 is 0 Å². The molecule has 120 valence electrons. The number of likely N-dealkylation sites (tertiary alicyclic amines) is 2. The molecule has 0 bridgehead atoms. The molecule has 1 spiro atoms. The van der Waals surface area contributed by atoms with Crippen LogP contribution in [0.4, 0.5) is 0 Å². The van der Waals surface area contributed by atoms with Gasteiger partial charge in [-0.2, -0.15) is 0 Å². The molecule has 0 saturated carbocycles. The second-order valence-electron chi connectivity index (χ2n) is 5.98. The van der Waals surface area contributed by atoms with Crippen molar-refractivity contribution in [2.45, 2.75) is 19.3 Å². The van der Waals surface area contributed by atoms with Gasteiger partial charge in [0.05, 0.1) is 17.5 Å². The molecule has 3 heterocycles. The quantitative estimate of drug-likeness (QED) is 0.836. The van der Waals surface area contributed by atoms with E-state index in [0.29, 0.717) is 31.9 Å². The number of methoxy groups -OCH3 is 1. The van der Waals surface area contributed by atoms with Crippen molar-refractivity contribution in [3.05, 3.63) is 16.6 Å². The van der Waals surface area contributed by atoms with Gasteiger partial charge in [-0.15, -0.1) is 11.3 Å². The summed E-state index contributed by atoms with van der Waals surface area (Å²) < 4.78 is 5.06. The van der Waals surface area contributed by atoms with Gasteiger partial charge in [-0.3, -0.25) is 9.59 Å². The van der Waals surface area contributed by atoms with Gasteiger partial charge in [0.2, 0.25) is 5.91 Å². The first-order valence-corrected chi connectivity index (χ1v) is 8.56. The predicted molar refractivity (Wildman–Crippen MR) is 82.8 cm³/mol. The Labute approximate surface area is 134 Å². The average molecular weight is 323 g/mol. The lowest BCUT2D eigenvalue weighted by atomic mass is 9.77. The van der Waals surface area contributed by atoms with Crippen LogP contribution in [0.15, 0.2) is 10.9 Å². The van der Waals surface area contributed by atoms with Crippen molar-refractivity contribution in [1.29, 1.82) is 0 Å². The van der Waals surface area contributed by atoms with Crippen molar-refractivity contribution in [3.8, 4) is 0 Å². The third kappa shape index (κ3) is 2.75. The SMILES string of the molecule is COCCN1CCC2(CCN(C(=O)c3cscn3)CC2)C1=O. The van der Waals surface area contributed by atoms with Crippen molar-refractivity contribution in [1.82, 2.24) is 14.8 Å². The maximum atomic E-state index is 12.6. The third-order valence-corrected chi connectivity index (χ3v) is 5.41. The number of ether oxygens (including phenoxy) is 1. The number of thiazole rings is 1. The summed E-state index contributed by atoms with van der Waals surface area (Å²) in [7, 11) is 1.65. The normalized spacial score (nSPS) is 20.9. The molecule has 0 atom stereocenters. The predicted octanol–water partition coefficient (Wildman–Crippen LogP) is 1.24. The first-order valence-electron chi connectivity index (χ1n) is 7.62.